The van der Waals surface area contributed by atoms with E-state index in [1.54, 1.807) is 55.4 Å². The van der Waals surface area contributed by atoms with E-state index < -0.39 is 141 Å². The molecule has 0 bridgehead atoms. The van der Waals surface area contributed by atoms with Crippen LogP contribution in [0.5, 0.6) is 0 Å². The van der Waals surface area contributed by atoms with Crippen LogP contribution in [0.25, 0.3) is 0 Å². The van der Waals surface area contributed by atoms with E-state index >= 15 is 0 Å². The smallest absolute Gasteiger partial charge is 0.386 e. The first kappa shape index (κ1) is 85.8. The number of hydrogen-bond donors (Lipinski definition) is 0. The number of carbonyl (C=O) groups excluding carboxylic acids is 8. The van der Waals surface area contributed by atoms with Gasteiger partial charge in [0, 0.05) is 13.8 Å². The molecule has 0 N–H and O–H groups in total. The molecule has 0 aromatic heterocycles. The summed E-state index contributed by atoms with van der Waals surface area (Å²) in [6.45, 7) is 14.5. The standard InChI is InChI=1S/C12H18F4O4.C11H16F4O4.C10H16F2O4.C9H14F2O4.2C2H3F3/c1-4-11(2,3)9(17)19-5-6-20-10(18)12(15,16)7-8(13)14;1-3-7(2)9(16)18-4-5-19-10(17)11(14,15)6-8(12)13;1-4-10(2,3)9(14)16-6-5-15-8(13)7(11)12;1-3-6(2)8(12)14-4-5-15-9(13)7(10)11;2*1-2(3,4)5/h8H,4-7H2,1-3H3;7-8H,3-6H2,1-2H3;7H,4-6H2,1-3H3;6-7H,3-5H2,1-2H3;2*1H3. The Balaban J connectivity index is -0.000000216. The number of rotatable bonds is 28. The lowest BCUT2D eigenvalue weighted by Crippen LogP contribution is -2.34. The first-order valence-electron chi connectivity index (χ1n) is 23.4. The van der Waals surface area contributed by atoms with Gasteiger partial charge in [-0.3, -0.25) is 19.2 Å². The molecule has 0 amide bonds. The highest BCUT2D eigenvalue weighted by Crippen LogP contribution is 2.26. The lowest BCUT2D eigenvalue weighted by molar-refractivity contribution is -0.180. The summed E-state index contributed by atoms with van der Waals surface area (Å²) in [5, 5.41) is 0. The van der Waals surface area contributed by atoms with Gasteiger partial charge in [-0.2, -0.15) is 61.5 Å². The van der Waals surface area contributed by atoms with Crippen LogP contribution in [-0.4, -0.2) is 151 Å². The van der Waals surface area contributed by atoms with E-state index in [1.807, 2.05) is 13.8 Å². The second kappa shape index (κ2) is 43.3. The fraction of sp³-hybridized carbons (Fsp3) is 0.826. The van der Waals surface area contributed by atoms with Gasteiger partial charge in [0.2, 0.25) is 12.9 Å². The second-order valence-corrected chi connectivity index (χ2v) is 17.1. The minimum Gasteiger partial charge on any atom is -0.462 e. The van der Waals surface area contributed by atoms with Crippen molar-refractivity contribution in [2.45, 2.75) is 172 Å². The maximum absolute atomic E-state index is 12.8. The van der Waals surface area contributed by atoms with Crippen LogP contribution >= 0.6 is 0 Å². The van der Waals surface area contributed by atoms with Crippen molar-refractivity contribution in [2.24, 2.45) is 22.7 Å². The topological polar surface area (TPSA) is 210 Å². The minimum absolute atomic E-state index is 0.188. The highest BCUT2D eigenvalue weighted by molar-refractivity contribution is 5.79. The van der Waals surface area contributed by atoms with Crippen molar-refractivity contribution in [3.05, 3.63) is 0 Å². The summed E-state index contributed by atoms with van der Waals surface area (Å²) >= 11 is 0. The van der Waals surface area contributed by atoms with Gasteiger partial charge >= 0.3 is 84.8 Å². The van der Waals surface area contributed by atoms with Crippen molar-refractivity contribution in [2.75, 3.05) is 52.9 Å². The Labute approximate surface area is 449 Å². The molecule has 476 valence electrons. The van der Waals surface area contributed by atoms with E-state index in [2.05, 4.69) is 28.4 Å². The van der Waals surface area contributed by atoms with Crippen LogP contribution in [0.2, 0.25) is 0 Å². The Kier molecular flexibility index (Phi) is 46.4. The fourth-order valence-corrected chi connectivity index (χ4v) is 3.30. The maximum Gasteiger partial charge on any atom is 0.386 e. The van der Waals surface area contributed by atoms with Crippen LogP contribution in [0.1, 0.15) is 122 Å². The average Bonchev–Trinajstić information content (AvgIpc) is 3.31. The third-order valence-electron chi connectivity index (χ3n) is 8.92. The van der Waals surface area contributed by atoms with Crippen LogP contribution in [0, 0.1) is 22.7 Å². The normalized spacial score (nSPS) is 12.3. The van der Waals surface area contributed by atoms with Crippen molar-refractivity contribution >= 4 is 47.8 Å². The lowest BCUT2D eigenvalue weighted by atomic mass is 9.91. The molecule has 0 spiro atoms. The predicted molar refractivity (Wildman–Crippen MR) is 241 cm³/mol. The average molecular weight is 1220 g/mol. The van der Waals surface area contributed by atoms with E-state index in [-0.39, 0.29) is 58.7 Å². The summed E-state index contributed by atoms with van der Waals surface area (Å²) < 4.78 is 242. The van der Waals surface area contributed by atoms with Crippen LogP contribution in [0.15, 0.2) is 0 Å². The Morgan fingerprint density at radius 1 is 0.338 bits per heavy atom. The second-order valence-electron chi connectivity index (χ2n) is 17.1. The van der Waals surface area contributed by atoms with E-state index in [9.17, 15) is 117 Å². The molecule has 80 heavy (non-hydrogen) atoms. The summed E-state index contributed by atoms with van der Waals surface area (Å²) in [4.78, 5) is 87.3. The predicted octanol–water partition coefficient (Wildman–Crippen LogP) is 11.5. The molecule has 0 aliphatic heterocycles. The molecule has 2 atom stereocenters. The van der Waals surface area contributed by atoms with Gasteiger partial charge in [0.1, 0.15) is 52.9 Å². The Morgan fingerprint density at radius 3 is 0.700 bits per heavy atom. The number of esters is 8. The van der Waals surface area contributed by atoms with Crippen molar-refractivity contribution in [3.63, 3.8) is 0 Å². The van der Waals surface area contributed by atoms with E-state index in [4.69, 9.17) is 9.47 Å². The summed E-state index contributed by atoms with van der Waals surface area (Å²) in [6, 6.07) is 0. The third kappa shape index (κ3) is 54.5. The molecule has 34 heteroatoms. The summed E-state index contributed by atoms with van der Waals surface area (Å²) in [6.07, 6.45) is -22.4. The van der Waals surface area contributed by atoms with Gasteiger partial charge in [-0.25, -0.2) is 36.7 Å². The van der Waals surface area contributed by atoms with E-state index in [0.29, 0.717) is 25.7 Å². The molecule has 0 radical (unpaired) electrons. The van der Waals surface area contributed by atoms with Gasteiger partial charge in [-0.05, 0) is 53.4 Å². The molecule has 0 fully saturated rings. The highest BCUT2D eigenvalue weighted by atomic mass is 19.4. The molecule has 0 rings (SSSR count). The fourth-order valence-electron chi connectivity index (χ4n) is 3.30. The summed E-state index contributed by atoms with van der Waals surface area (Å²) in [5.41, 5.74) is -1.35. The van der Waals surface area contributed by atoms with Crippen LogP contribution < -0.4 is 0 Å². The monoisotopic (exact) mass is 1220 g/mol. The molecular weight excluding hydrogens is 1150 g/mol. The van der Waals surface area contributed by atoms with Gasteiger partial charge in [-0.15, -0.1) is 0 Å². The van der Waals surface area contributed by atoms with Gasteiger partial charge in [0.15, 0.2) is 0 Å². The van der Waals surface area contributed by atoms with Crippen LogP contribution in [-0.2, 0) is 76.3 Å². The number of carbonyl (C=O) groups is 8. The zero-order valence-corrected chi connectivity index (χ0v) is 45.7. The molecule has 0 saturated heterocycles. The number of alkyl halides is 18. The first-order chi connectivity index (χ1) is 36.0. The van der Waals surface area contributed by atoms with Crippen molar-refractivity contribution < 1.29 is 155 Å². The Hall–Kier alpha value is -5.50. The number of ether oxygens (including phenoxy) is 8. The molecular formula is C46H70F18O16. The van der Waals surface area contributed by atoms with Gasteiger partial charge < -0.3 is 37.9 Å². The van der Waals surface area contributed by atoms with Gasteiger partial charge in [-0.1, -0.05) is 41.5 Å². The lowest BCUT2D eigenvalue weighted by Gasteiger charge is -2.20. The van der Waals surface area contributed by atoms with Gasteiger partial charge in [0.05, 0.1) is 35.5 Å². The zero-order valence-electron chi connectivity index (χ0n) is 45.7. The van der Waals surface area contributed by atoms with Crippen molar-refractivity contribution in [1.82, 2.24) is 0 Å². The summed E-state index contributed by atoms with van der Waals surface area (Å²) in [5.74, 6) is -18.4. The molecule has 2 unspecified atom stereocenters. The molecule has 0 saturated carbocycles. The molecule has 0 aromatic rings. The number of halogens is 18. The Bertz CT molecular complexity index is 1740. The van der Waals surface area contributed by atoms with Crippen molar-refractivity contribution in [1.29, 1.82) is 0 Å². The Morgan fingerprint density at radius 2 is 0.525 bits per heavy atom. The largest absolute Gasteiger partial charge is 0.462 e. The third-order valence-corrected chi connectivity index (χ3v) is 8.92. The van der Waals surface area contributed by atoms with Crippen LogP contribution in [0.4, 0.5) is 79.0 Å². The first-order valence-corrected chi connectivity index (χ1v) is 23.4. The van der Waals surface area contributed by atoms with Gasteiger partial charge in [0.25, 0.3) is 0 Å². The summed E-state index contributed by atoms with van der Waals surface area (Å²) in [7, 11) is 0. The molecule has 0 aliphatic carbocycles. The highest BCUT2D eigenvalue weighted by Gasteiger charge is 2.44. The molecule has 0 heterocycles. The maximum atomic E-state index is 12.8. The van der Waals surface area contributed by atoms with E-state index in [1.165, 1.54) is 0 Å². The quantitative estimate of drug-likeness (QED) is 0.0309. The van der Waals surface area contributed by atoms with E-state index in [0.717, 1.165) is 0 Å². The number of hydrogen-bond acceptors (Lipinski definition) is 16. The minimum atomic E-state index is -4.25. The van der Waals surface area contributed by atoms with Crippen molar-refractivity contribution in [3.8, 4) is 0 Å². The molecule has 0 aromatic carbocycles. The zero-order chi connectivity index (χ0) is 64.6. The van der Waals surface area contributed by atoms with Crippen LogP contribution in [0.3, 0.4) is 0 Å². The molecule has 0 aliphatic rings. The molecule has 16 nitrogen and oxygen atoms in total. The SMILES string of the molecule is CC(F)(F)F.CC(F)(F)F.CCC(C)(C)C(=O)OCCOC(=O)C(F)(F)CC(F)F.CCC(C)(C)C(=O)OCCOC(=O)C(F)F.CCC(C)C(=O)OCCOC(=O)C(F)(F)CC(F)F.CCC(C)C(=O)OCCOC(=O)C(F)F.